The maximum absolute atomic E-state index is 13.1. The van der Waals surface area contributed by atoms with Gasteiger partial charge >= 0.3 is 0 Å². The molecule has 1 aliphatic rings. The Balaban J connectivity index is 1.48. The molecule has 0 saturated carbocycles. The zero-order valence-electron chi connectivity index (χ0n) is 16.6. The molecule has 3 aromatic rings. The van der Waals surface area contributed by atoms with E-state index < -0.39 is 0 Å². The zero-order valence-corrected chi connectivity index (χ0v) is 17.4. The Hall–Kier alpha value is -2.40. The molecule has 5 heteroatoms. The first-order chi connectivity index (χ1) is 13.7. The average Bonchev–Trinajstić information content (AvgIpc) is 3.19. The van der Waals surface area contributed by atoms with E-state index in [1.165, 1.54) is 10.4 Å². The summed E-state index contributed by atoms with van der Waals surface area (Å²) < 4.78 is 1.23. The Bertz CT molecular complexity index is 913. The van der Waals surface area contributed by atoms with Gasteiger partial charge in [-0.2, -0.15) is 0 Å². The van der Waals surface area contributed by atoms with Crippen LogP contribution in [0.25, 0.3) is 10.2 Å². The molecule has 146 valence electrons. The molecule has 1 atom stereocenters. The number of rotatable bonds is 5. The van der Waals surface area contributed by atoms with Crippen LogP contribution in [0.2, 0.25) is 0 Å². The van der Waals surface area contributed by atoms with E-state index >= 15 is 0 Å². The highest BCUT2D eigenvalue weighted by Gasteiger charge is 2.27. The quantitative estimate of drug-likeness (QED) is 0.600. The summed E-state index contributed by atoms with van der Waals surface area (Å²) in [6, 6.07) is 16.4. The lowest BCUT2D eigenvalue weighted by molar-refractivity contribution is 0.0707. The van der Waals surface area contributed by atoms with Gasteiger partial charge in [-0.05, 0) is 63.1 Å². The second-order valence-corrected chi connectivity index (χ2v) is 8.39. The number of benzene rings is 2. The van der Waals surface area contributed by atoms with Gasteiger partial charge in [0.05, 0.1) is 15.2 Å². The fraction of sp³-hybridized carbons (Fsp3) is 0.391. The van der Waals surface area contributed by atoms with Crippen molar-refractivity contribution in [1.82, 2.24) is 9.88 Å². The predicted molar refractivity (Wildman–Crippen MR) is 118 cm³/mol. The number of amides is 1. The van der Waals surface area contributed by atoms with Crippen LogP contribution >= 0.6 is 11.3 Å². The molecule has 4 rings (SSSR count). The minimum absolute atomic E-state index is 0.136. The summed E-state index contributed by atoms with van der Waals surface area (Å²) in [5.74, 6) is 0.474. The summed E-state index contributed by atoms with van der Waals surface area (Å²) >= 11 is 1.77. The molecule has 2 heterocycles. The van der Waals surface area contributed by atoms with Crippen molar-refractivity contribution in [1.29, 1.82) is 0 Å². The summed E-state index contributed by atoms with van der Waals surface area (Å²) in [5.41, 5.74) is 3.02. The van der Waals surface area contributed by atoms with E-state index in [2.05, 4.69) is 49.1 Å². The number of hydrogen-bond donors (Lipinski definition) is 0. The SMILES string of the molecule is CCN(CC)c1ccc(C(=O)N2CCC[C@@H](c3nc4ccccc4s3)C2)cc1. The average molecular weight is 394 g/mol. The highest BCUT2D eigenvalue weighted by atomic mass is 32.1. The molecule has 1 fully saturated rings. The summed E-state index contributed by atoms with van der Waals surface area (Å²) in [6.45, 7) is 7.84. The highest BCUT2D eigenvalue weighted by Crippen LogP contribution is 2.33. The van der Waals surface area contributed by atoms with Crippen LogP contribution in [0, 0.1) is 0 Å². The van der Waals surface area contributed by atoms with Gasteiger partial charge in [0.15, 0.2) is 0 Å². The van der Waals surface area contributed by atoms with Crippen molar-refractivity contribution >= 4 is 33.1 Å². The van der Waals surface area contributed by atoms with Crippen LogP contribution in [-0.2, 0) is 0 Å². The van der Waals surface area contributed by atoms with Gasteiger partial charge in [-0.25, -0.2) is 4.98 Å². The molecule has 1 saturated heterocycles. The fourth-order valence-electron chi connectivity index (χ4n) is 4.01. The second kappa shape index (κ2) is 8.31. The van der Waals surface area contributed by atoms with Crippen LogP contribution in [-0.4, -0.2) is 42.0 Å². The zero-order chi connectivity index (χ0) is 19.5. The van der Waals surface area contributed by atoms with Gasteiger partial charge in [0.25, 0.3) is 5.91 Å². The Kier molecular flexibility index (Phi) is 5.62. The number of thiazole rings is 1. The van der Waals surface area contributed by atoms with Crippen molar-refractivity contribution in [2.24, 2.45) is 0 Å². The van der Waals surface area contributed by atoms with Gasteiger partial charge in [0.1, 0.15) is 0 Å². The molecule has 28 heavy (non-hydrogen) atoms. The largest absolute Gasteiger partial charge is 0.372 e. The molecule has 0 unspecified atom stereocenters. The number of anilines is 1. The van der Waals surface area contributed by atoms with Crippen LogP contribution in [0.1, 0.15) is 48.0 Å². The third kappa shape index (κ3) is 3.76. The van der Waals surface area contributed by atoms with E-state index in [-0.39, 0.29) is 5.91 Å². The van der Waals surface area contributed by atoms with E-state index in [0.29, 0.717) is 5.92 Å². The minimum Gasteiger partial charge on any atom is -0.372 e. The first kappa shape index (κ1) is 18.9. The van der Waals surface area contributed by atoms with Crippen LogP contribution < -0.4 is 4.90 Å². The number of carbonyl (C=O) groups excluding carboxylic acids is 1. The molecule has 1 aliphatic heterocycles. The van der Waals surface area contributed by atoms with Gasteiger partial charge in [-0.15, -0.1) is 11.3 Å². The van der Waals surface area contributed by atoms with Gasteiger partial charge in [-0.1, -0.05) is 12.1 Å². The normalized spacial score (nSPS) is 17.1. The van der Waals surface area contributed by atoms with E-state index in [4.69, 9.17) is 4.98 Å². The summed E-state index contributed by atoms with van der Waals surface area (Å²) in [7, 11) is 0. The van der Waals surface area contributed by atoms with Gasteiger partial charge in [0, 0.05) is 43.3 Å². The topological polar surface area (TPSA) is 36.4 Å². The Morgan fingerprint density at radius 3 is 2.61 bits per heavy atom. The highest BCUT2D eigenvalue weighted by molar-refractivity contribution is 7.18. The molecule has 2 aromatic carbocycles. The van der Waals surface area contributed by atoms with E-state index in [1.807, 2.05) is 23.1 Å². The number of para-hydroxylation sites is 1. The molecular formula is C23H27N3OS. The third-order valence-corrected chi connectivity index (χ3v) is 6.81. The number of nitrogens with zero attached hydrogens (tertiary/aromatic N) is 3. The van der Waals surface area contributed by atoms with Crippen LogP contribution in [0.5, 0.6) is 0 Å². The number of piperidine rings is 1. The number of likely N-dealkylation sites (tertiary alicyclic amines) is 1. The van der Waals surface area contributed by atoms with Gasteiger partial charge in [-0.3, -0.25) is 4.79 Å². The standard InChI is InChI=1S/C23H27N3OS/c1-3-25(4-2)19-13-11-17(12-14-19)23(27)26-15-7-8-18(16-26)22-24-20-9-5-6-10-21(20)28-22/h5-6,9-14,18H,3-4,7-8,15-16H2,1-2H3/t18-/m1/s1. The third-order valence-electron chi connectivity index (χ3n) is 5.61. The van der Waals surface area contributed by atoms with Crippen molar-refractivity contribution in [2.45, 2.75) is 32.6 Å². The maximum atomic E-state index is 13.1. The van der Waals surface area contributed by atoms with Crippen LogP contribution in [0.15, 0.2) is 48.5 Å². The minimum atomic E-state index is 0.136. The number of fused-ring (bicyclic) bond motifs is 1. The summed E-state index contributed by atoms with van der Waals surface area (Å²) in [6.07, 6.45) is 2.13. The predicted octanol–water partition coefficient (Wildman–Crippen LogP) is 5.16. The lowest BCUT2D eigenvalue weighted by atomic mass is 9.98. The van der Waals surface area contributed by atoms with Crippen LogP contribution in [0.4, 0.5) is 5.69 Å². The molecule has 0 spiro atoms. The molecule has 4 nitrogen and oxygen atoms in total. The molecular weight excluding hydrogens is 366 g/mol. The van der Waals surface area contributed by atoms with E-state index in [1.54, 1.807) is 11.3 Å². The lowest BCUT2D eigenvalue weighted by Gasteiger charge is -2.32. The van der Waals surface area contributed by atoms with Gasteiger partial charge in [0.2, 0.25) is 0 Å². The fourth-order valence-corrected chi connectivity index (χ4v) is 5.11. The summed E-state index contributed by atoms with van der Waals surface area (Å²) in [5, 5.41) is 1.16. The molecule has 0 radical (unpaired) electrons. The summed E-state index contributed by atoms with van der Waals surface area (Å²) in [4.78, 5) is 22.2. The van der Waals surface area contributed by atoms with Crippen molar-refractivity contribution in [3.63, 3.8) is 0 Å². The monoisotopic (exact) mass is 393 g/mol. The Morgan fingerprint density at radius 2 is 1.89 bits per heavy atom. The van der Waals surface area contributed by atoms with Crippen molar-refractivity contribution in [3.05, 3.63) is 59.1 Å². The first-order valence-electron chi connectivity index (χ1n) is 10.2. The Labute approximate surface area is 170 Å². The number of hydrogen-bond acceptors (Lipinski definition) is 4. The second-order valence-electron chi connectivity index (χ2n) is 7.33. The number of aromatic nitrogens is 1. The molecule has 1 amide bonds. The van der Waals surface area contributed by atoms with E-state index in [0.717, 1.165) is 55.1 Å². The van der Waals surface area contributed by atoms with E-state index in [9.17, 15) is 4.79 Å². The van der Waals surface area contributed by atoms with Crippen molar-refractivity contribution < 1.29 is 4.79 Å². The molecule has 1 aromatic heterocycles. The smallest absolute Gasteiger partial charge is 0.253 e. The van der Waals surface area contributed by atoms with Gasteiger partial charge < -0.3 is 9.80 Å². The van der Waals surface area contributed by atoms with Crippen molar-refractivity contribution in [2.75, 3.05) is 31.1 Å². The molecule has 0 aliphatic carbocycles. The lowest BCUT2D eigenvalue weighted by Crippen LogP contribution is -2.39. The Morgan fingerprint density at radius 1 is 1.14 bits per heavy atom. The molecule has 0 N–H and O–H groups in total. The number of carbonyl (C=O) groups is 1. The van der Waals surface area contributed by atoms with Crippen molar-refractivity contribution in [3.8, 4) is 0 Å². The maximum Gasteiger partial charge on any atom is 0.253 e. The molecule has 0 bridgehead atoms. The van der Waals surface area contributed by atoms with Crippen LogP contribution in [0.3, 0.4) is 0 Å². The first-order valence-corrected chi connectivity index (χ1v) is 11.0.